The minimum absolute atomic E-state index is 0.102. The van der Waals surface area contributed by atoms with Gasteiger partial charge >= 0.3 is 5.82 Å². The quantitative estimate of drug-likeness (QED) is 0.361. The molecule has 26 heavy (non-hydrogen) atoms. The predicted molar refractivity (Wildman–Crippen MR) is 91.6 cm³/mol. The van der Waals surface area contributed by atoms with Gasteiger partial charge < -0.3 is 24.9 Å². The number of rotatable bonds is 6. The number of methoxy groups -OCH3 is 2. The molecule has 0 unspecified atom stereocenters. The van der Waals surface area contributed by atoms with E-state index in [2.05, 4.69) is 10.3 Å². The van der Waals surface area contributed by atoms with Crippen molar-refractivity contribution in [3.8, 4) is 17.6 Å². The van der Waals surface area contributed by atoms with Crippen LogP contribution in [0.3, 0.4) is 0 Å². The summed E-state index contributed by atoms with van der Waals surface area (Å²) in [6.07, 6.45) is 2.21. The monoisotopic (exact) mass is 357 g/mol. The molecule has 1 amide bonds. The highest BCUT2D eigenvalue weighted by Crippen LogP contribution is 2.29. The fourth-order valence-corrected chi connectivity index (χ4v) is 2.09. The summed E-state index contributed by atoms with van der Waals surface area (Å²) < 4.78 is 11.4. The van der Waals surface area contributed by atoms with E-state index in [4.69, 9.17) is 9.47 Å². The zero-order valence-corrected chi connectivity index (χ0v) is 14.2. The molecular formula is C16H15N5O5. The second-order valence-electron chi connectivity index (χ2n) is 4.98. The molecule has 0 aliphatic rings. The fourth-order valence-electron chi connectivity index (χ4n) is 2.09. The lowest BCUT2D eigenvalue weighted by Gasteiger charge is -2.11. The van der Waals surface area contributed by atoms with E-state index in [0.717, 1.165) is 6.20 Å². The number of carbonyl (C=O) groups excluding carboxylic acids is 1. The number of hydrogen-bond donors (Lipinski definition) is 1. The standard InChI is InChI=1S/C16H15N5O5/c1-20-14(18-9-15(20)21(23)24)6-10(8-17)16(22)19-12-5-4-11(25-2)7-13(12)26-3/h4-7,9H,1-3H3,(H,19,22)/b10-6+. The molecular weight excluding hydrogens is 342 g/mol. The molecule has 0 fully saturated rings. The Balaban J connectivity index is 2.30. The maximum atomic E-state index is 12.4. The molecule has 0 radical (unpaired) electrons. The topological polar surface area (TPSA) is 132 Å². The van der Waals surface area contributed by atoms with E-state index >= 15 is 0 Å². The number of imidazole rings is 1. The summed E-state index contributed by atoms with van der Waals surface area (Å²) >= 11 is 0. The molecule has 134 valence electrons. The van der Waals surface area contributed by atoms with Crippen molar-refractivity contribution in [3.05, 3.63) is 45.9 Å². The van der Waals surface area contributed by atoms with Crippen LogP contribution in [0.2, 0.25) is 0 Å². The van der Waals surface area contributed by atoms with Crippen LogP contribution in [0.4, 0.5) is 11.5 Å². The number of anilines is 1. The molecule has 10 nitrogen and oxygen atoms in total. The van der Waals surface area contributed by atoms with Crippen molar-refractivity contribution >= 4 is 23.5 Å². The second kappa shape index (κ2) is 7.80. The Labute approximate surface area is 148 Å². The highest BCUT2D eigenvalue weighted by atomic mass is 16.6. The number of carbonyl (C=O) groups is 1. The molecule has 0 atom stereocenters. The largest absolute Gasteiger partial charge is 0.497 e. The smallest absolute Gasteiger partial charge is 0.342 e. The van der Waals surface area contributed by atoms with Crippen molar-refractivity contribution < 1.29 is 19.2 Å². The number of nitriles is 1. The van der Waals surface area contributed by atoms with Crippen LogP contribution in [-0.2, 0) is 11.8 Å². The summed E-state index contributed by atoms with van der Waals surface area (Å²) in [5.41, 5.74) is 0.0664. The summed E-state index contributed by atoms with van der Waals surface area (Å²) in [4.78, 5) is 26.4. The van der Waals surface area contributed by atoms with Crippen LogP contribution in [-0.4, -0.2) is 34.6 Å². The Morgan fingerprint density at radius 2 is 2.15 bits per heavy atom. The molecule has 10 heteroatoms. The number of nitro groups is 1. The van der Waals surface area contributed by atoms with Crippen LogP contribution in [0, 0.1) is 21.4 Å². The lowest BCUT2D eigenvalue weighted by Crippen LogP contribution is -2.14. The normalized spacial score (nSPS) is 10.8. The van der Waals surface area contributed by atoms with Crippen LogP contribution in [0.5, 0.6) is 11.5 Å². The SMILES string of the molecule is COc1ccc(NC(=O)/C(C#N)=C/c2ncc([N+](=O)[O-])n2C)c(OC)c1. The third-order valence-corrected chi connectivity index (χ3v) is 3.48. The van der Waals surface area contributed by atoms with Gasteiger partial charge in [-0.2, -0.15) is 5.26 Å². The molecule has 0 saturated carbocycles. The van der Waals surface area contributed by atoms with E-state index in [-0.39, 0.29) is 17.2 Å². The molecule has 2 rings (SSSR count). The Kier molecular flexibility index (Phi) is 5.54. The highest BCUT2D eigenvalue weighted by molar-refractivity contribution is 6.10. The van der Waals surface area contributed by atoms with E-state index in [9.17, 15) is 20.2 Å². The molecule has 0 aliphatic heterocycles. The summed E-state index contributed by atoms with van der Waals surface area (Å²) in [5.74, 6) is 0.0244. The molecule has 1 aromatic heterocycles. The van der Waals surface area contributed by atoms with Crippen molar-refractivity contribution in [1.29, 1.82) is 5.26 Å². The van der Waals surface area contributed by atoms with Crippen LogP contribution in [0.25, 0.3) is 6.08 Å². The van der Waals surface area contributed by atoms with Gasteiger partial charge in [-0.1, -0.05) is 0 Å². The van der Waals surface area contributed by atoms with Crippen LogP contribution >= 0.6 is 0 Å². The Morgan fingerprint density at radius 1 is 1.42 bits per heavy atom. The lowest BCUT2D eigenvalue weighted by atomic mass is 10.2. The third kappa shape index (κ3) is 3.78. The average molecular weight is 357 g/mol. The van der Waals surface area contributed by atoms with E-state index in [1.807, 2.05) is 0 Å². The average Bonchev–Trinajstić information content (AvgIpc) is 3.00. The number of aromatic nitrogens is 2. The van der Waals surface area contributed by atoms with Crippen LogP contribution in [0.15, 0.2) is 30.0 Å². The van der Waals surface area contributed by atoms with E-state index in [1.54, 1.807) is 24.3 Å². The van der Waals surface area contributed by atoms with Crippen molar-refractivity contribution in [2.24, 2.45) is 7.05 Å². The van der Waals surface area contributed by atoms with Gasteiger partial charge in [-0.15, -0.1) is 0 Å². The van der Waals surface area contributed by atoms with Gasteiger partial charge in [-0.25, -0.2) is 9.55 Å². The van der Waals surface area contributed by atoms with E-state index in [1.165, 1.54) is 31.9 Å². The van der Waals surface area contributed by atoms with E-state index in [0.29, 0.717) is 17.2 Å². The van der Waals surface area contributed by atoms with Gasteiger partial charge in [0.15, 0.2) is 0 Å². The van der Waals surface area contributed by atoms with Crippen molar-refractivity contribution in [2.75, 3.05) is 19.5 Å². The van der Waals surface area contributed by atoms with Gasteiger partial charge in [-0.3, -0.25) is 4.79 Å². The zero-order chi connectivity index (χ0) is 19.3. The first kappa shape index (κ1) is 18.5. The number of nitrogens with one attached hydrogen (secondary N) is 1. The van der Waals surface area contributed by atoms with Crippen molar-refractivity contribution in [3.63, 3.8) is 0 Å². The Morgan fingerprint density at radius 3 is 2.69 bits per heavy atom. The summed E-state index contributed by atoms with van der Waals surface area (Å²) in [6.45, 7) is 0. The number of nitrogens with zero attached hydrogens (tertiary/aromatic N) is 4. The van der Waals surface area contributed by atoms with Gasteiger partial charge in [0.1, 0.15) is 29.3 Å². The van der Waals surface area contributed by atoms with Crippen molar-refractivity contribution in [1.82, 2.24) is 9.55 Å². The summed E-state index contributed by atoms with van der Waals surface area (Å²) in [6, 6.07) is 6.52. The number of benzene rings is 1. The Bertz CT molecular complexity index is 926. The van der Waals surface area contributed by atoms with Crippen molar-refractivity contribution in [2.45, 2.75) is 0 Å². The fraction of sp³-hybridized carbons (Fsp3) is 0.188. The first-order valence-electron chi connectivity index (χ1n) is 7.22. The van der Waals surface area contributed by atoms with E-state index < -0.39 is 10.8 Å². The molecule has 1 aromatic carbocycles. The van der Waals surface area contributed by atoms with Crippen LogP contribution in [0.1, 0.15) is 5.82 Å². The summed E-state index contributed by atoms with van der Waals surface area (Å²) in [7, 11) is 4.34. The molecule has 0 spiro atoms. The highest BCUT2D eigenvalue weighted by Gasteiger charge is 2.18. The molecule has 2 aromatic rings. The first-order chi connectivity index (χ1) is 12.4. The first-order valence-corrected chi connectivity index (χ1v) is 7.22. The van der Waals surface area contributed by atoms with Gasteiger partial charge in [0.05, 0.1) is 27.0 Å². The maximum Gasteiger partial charge on any atom is 0.342 e. The number of hydrogen-bond acceptors (Lipinski definition) is 7. The zero-order valence-electron chi connectivity index (χ0n) is 14.2. The minimum atomic E-state index is -0.707. The third-order valence-electron chi connectivity index (χ3n) is 3.48. The lowest BCUT2D eigenvalue weighted by molar-refractivity contribution is -0.391. The molecule has 0 aliphatic carbocycles. The molecule has 0 saturated heterocycles. The summed E-state index contributed by atoms with van der Waals surface area (Å²) in [5, 5.41) is 22.6. The molecule has 0 bridgehead atoms. The van der Waals surface area contributed by atoms with Crippen LogP contribution < -0.4 is 14.8 Å². The number of ether oxygens (including phenoxy) is 2. The Hall–Kier alpha value is -3.87. The van der Waals surface area contributed by atoms with Gasteiger partial charge in [0.25, 0.3) is 5.91 Å². The second-order valence-corrected chi connectivity index (χ2v) is 4.98. The number of amides is 1. The predicted octanol–water partition coefficient (Wildman–Crippen LogP) is 1.89. The molecule has 1 N–H and O–H groups in total. The minimum Gasteiger partial charge on any atom is -0.497 e. The maximum absolute atomic E-state index is 12.4. The van der Waals surface area contributed by atoms with Gasteiger partial charge in [-0.05, 0) is 17.1 Å². The van der Waals surface area contributed by atoms with Gasteiger partial charge in [0.2, 0.25) is 5.82 Å². The van der Waals surface area contributed by atoms with Gasteiger partial charge in [0, 0.05) is 12.1 Å². The molecule has 1 heterocycles.